The second-order valence-electron chi connectivity index (χ2n) is 8.77. The van der Waals surface area contributed by atoms with E-state index in [1.165, 1.54) is 74.9 Å². The van der Waals surface area contributed by atoms with E-state index in [1.807, 2.05) is 0 Å². The van der Waals surface area contributed by atoms with E-state index >= 15 is 0 Å². The quantitative estimate of drug-likeness (QED) is 0.868. The lowest BCUT2D eigenvalue weighted by Crippen LogP contribution is -2.38. The number of rotatable bonds is 3. The van der Waals surface area contributed by atoms with E-state index in [0.29, 0.717) is 5.82 Å². The van der Waals surface area contributed by atoms with Crippen LogP contribution in [0.4, 0.5) is 11.6 Å². The molecule has 5 rings (SSSR count). The summed E-state index contributed by atoms with van der Waals surface area (Å²) in [6.07, 6.45) is 12.0. The number of hydrogen-bond donors (Lipinski definition) is 2. The van der Waals surface area contributed by atoms with Gasteiger partial charge in [-0.1, -0.05) is 19.3 Å². The van der Waals surface area contributed by atoms with Gasteiger partial charge in [0.05, 0.1) is 5.39 Å². The van der Waals surface area contributed by atoms with Crippen LogP contribution in [0.3, 0.4) is 0 Å². The topological polar surface area (TPSA) is 74.1 Å². The van der Waals surface area contributed by atoms with Crippen molar-refractivity contribution in [3.63, 3.8) is 0 Å². The molecule has 1 saturated carbocycles. The molecular weight excluding hydrogens is 336 g/mol. The summed E-state index contributed by atoms with van der Waals surface area (Å²) >= 11 is 0. The molecule has 2 aromatic heterocycles. The van der Waals surface area contributed by atoms with Gasteiger partial charge in [0.15, 0.2) is 5.65 Å². The number of H-pyrrole nitrogens is 1. The molecule has 3 aliphatic rings. The molecule has 0 bridgehead atoms. The molecule has 0 atom stereocenters. The first-order valence-electron chi connectivity index (χ1n) is 10.9. The Hall–Kier alpha value is -1.82. The van der Waals surface area contributed by atoms with Gasteiger partial charge in [0, 0.05) is 38.3 Å². The fourth-order valence-electron chi connectivity index (χ4n) is 5.45. The van der Waals surface area contributed by atoms with Gasteiger partial charge < -0.3 is 10.6 Å². The summed E-state index contributed by atoms with van der Waals surface area (Å²) in [7, 11) is 0. The zero-order valence-electron chi connectivity index (χ0n) is 16.3. The minimum Gasteiger partial charge on any atom is -0.384 e. The summed E-state index contributed by atoms with van der Waals surface area (Å²) in [5, 5.41) is 8.43. The highest BCUT2D eigenvalue weighted by Crippen LogP contribution is 2.36. The molecule has 146 valence electrons. The fraction of sp³-hybridized carbons (Fsp3) is 0.714. The van der Waals surface area contributed by atoms with Crippen molar-refractivity contribution in [3.8, 4) is 0 Å². The summed E-state index contributed by atoms with van der Waals surface area (Å²) < 4.78 is 0. The van der Waals surface area contributed by atoms with Crippen LogP contribution >= 0.6 is 0 Å². The molecule has 0 unspecified atom stereocenters. The van der Waals surface area contributed by atoms with Crippen molar-refractivity contribution in [2.75, 3.05) is 36.8 Å². The number of nitrogens with one attached hydrogen (secondary N) is 1. The molecule has 2 aliphatic heterocycles. The molecule has 1 saturated heterocycles. The maximum atomic E-state index is 6.23. The Morgan fingerprint density at radius 1 is 0.963 bits per heavy atom. The lowest BCUT2D eigenvalue weighted by atomic mass is 9.88. The molecule has 4 heterocycles. The van der Waals surface area contributed by atoms with E-state index in [-0.39, 0.29) is 0 Å². The molecule has 0 spiro atoms. The van der Waals surface area contributed by atoms with Crippen molar-refractivity contribution in [2.45, 2.75) is 64.3 Å². The molecule has 27 heavy (non-hydrogen) atoms. The summed E-state index contributed by atoms with van der Waals surface area (Å²) in [6, 6.07) is 0. The van der Waals surface area contributed by atoms with Gasteiger partial charge in [-0.15, -0.1) is 0 Å². The van der Waals surface area contributed by atoms with Gasteiger partial charge >= 0.3 is 0 Å². The third-order valence-electron chi connectivity index (χ3n) is 6.88. The van der Waals surface area contributed by atoms with Gasteiger partial charge in [-0.3, -0.25) is 10.00 Å². The highest BCUT2D eigenvalue weighted by Gasteiger charge is 2.29. The Labute approximate surface area is 161 Å². The summed E-state index contributed by atoms with van der Waals surface area (Å²) in [6.45, 7) is 5.64. The summed E-state index contributed by atoms with van der Waals surface area (Å²) in [5.41, 5.74) is 9.84. The maximum absolute atomic E-state index is 6.23. The molecule has 0 radical (unpaired) electrons. The number of aromatic nitrogens is 3. The fourth-order valence-corrected chi connectivity index (χ4v) is 5.45. The largest absolute Gasteiger partial charge is 0.384 e. The first-order valence-corrected chi connectivity index (χ1v) is 10.9. The second-order valence-corrected chi connectivity index (χ2v) is 8.77. The second kappa shape index (κ2) is 7.30. The van der Waals surface area contributed by atoms with Gasteiger partial charge in [0.2, 0.25) is 0 Å². The number of piperidine rings is 1. The zero-order chi connectivity index (χ0) is 18.2. The standard InChI is InChI=1S/C21H32N6/c22-19-18-16-9-12-26(13-15-7-3-1-4-8-15)14-17(16)21(23-20(18)25-24-19)27-10-5-2-6-11-27/h15H,1-14H2,(H3,22,23,24,25). The lowest BCUT2D eigenvalue weighted by Gasteiger charge is -2.36. The van der Waals surface area contributed by atoms with E-state index in [9.17, 15) is 0 Å². The highest BCUT2D eigenvalue weighted by atomic mass is 15.2. The molecule has 0 amide bonds. The van der Waals surface area contributed by atoms with Crippen LogP contribution in [-0.4, -0.2) is 46.3 Å². The van der Waals surface area contributed by atoms with Crippen LogP contribution in [0.15, 0.2) is 0 Å². The van der Waals surface area contributed by atoms with Crippen LogP contribution in [0.5, 0.6) is 0 Å². The minimum atomic E-state index is 0.680. The van der Waals surface area contributed by atoms with E-state index in [1.54, 1.807) is 0 Å². The Morgan fingerprint density at radius 2 is 1.74 bits per heavy atom. The first-order chi connectivity index (χ1) is 13.3. The molecule has 3 N–H and O–H groups in total. The number of anilines is 2. The predicted octanol–water partition coefficient (Wildman–Crippen LogP) is 3.47. The maximum Gasteiger partial charge on any atom is 0.185 e. The van der Waals surface area contributed by atoms with E-state index in [2.05, 4.69) is 20.0 Å². The summed E-state index contributed by atoms with van der Waals surface area (Å²) in [4.78, 5) is 10.2. The first kappa shape index (κ1) is 17.3. The van der Waals surface area contributed by atoms with Crippen LogP contribution in [-0.2, 0) is 13.0 Å². The normalized spacial score (nSPS) is 22.3. The Kier molecular flexibility index (Phi) is 4.68. The van der Waals surface area contributed by atoms with Crippen LogP contribution in [0.1, 0.15) is 62.5 Å². The van der Waals surface area contributed by atoms with E-state index in [4.69, 9.17) is 10.7 Å². The molecule has 1 aliphatic carbocycles. The number of nitrogen functional groups attached to an aromatic ring is 1. The van der Waals surface area contributed by atoms with Gasteiger partial charge in [0.25, 0.3) is 0 Å². The van der Waals surface area contributed by atoms with Crippen LogP contribution in [0.25, 0.3) is 11.0 Å². The van der Waals surface area contributed by atoms with Crippen LogP contribution < -0.4 is 10.6 Å². The molecule has 6 nitrogen and oxygen atoms in total. The van der Waals surface area contributed by atoms with Gasteiger partial charge in [-0.05, 0) is 50.0 Å². The third kappa shape index (κ3) is 3.28. The minimum absolute atomic E-state index is 0.680. The van der Waals surface area contributed by atoms with Crippen LogP contribution in [0, 0.1) is 5.92 Å². The van der Waals surface area contributed by atoms with Gasteiger partial charge in [-0.25, -0.2) is 4.98 Å². The zero-order valence-corrected chi connectivity index (χ0v) is 16.3. The average molecular weight is 369 g/mol. The number of aromatic amines is 1. The van der Waals surface area contributed by atoms with Gasteiger partial charge in [0.1, 0.15) is 11.6 Å². The molecular formula is C21H32N6. The molecule has 2 fully saturated rings. The van der Waals surface area contributed by atoms with E-state index < -0.39 is 0 Å². The van der Waals surface area contributed by atoms with Crippen molar-refractivity contribution in [2.24, 2.45) is 5.92 Å². The number of nitrogens with zero attached hydrogens (tertiary/aromatic N) is 4. The van der Waals surface area contributed by atoms with E-state index in [0.717, 1.165) is 49.6 Å². The van der Waals surface area contributed by atoms with Crippen molar-refractivity contribution < 1.29 is 0 Å². The molecule has 6 heteroatoms. The number of nitrogens with two attached hydrogens (primary N) is 1. The van der Waals surface area contributed by atoms with Gasteiger partial charge in [-0.2, -0.15) is 5.10 Å². The number of hydrogen-bond acceptors (Lipinski definition) is 5. The van der Waals surface area contributed by atoms with Crippen molar-refractivity contribution in [1.82, 2.24) is 20.1 Å². The molecule has 0 aromatic carbocycles. The van der Waals surface area contributed by atoms with Crippen molar-refractivity contribution >= 4 is 22.7 Å². The Balaban J connectivity index is 1.48. The average Bonchev–Trinajstić information content (AvgIpc) is 3.10. The SMILES string of the molecule is Nc1[nH]nc2nc(N3CCCCC3)c3c(c12)CCN(CC1CCCCC1)C3. The predicted molar refractivity (Wildman–Crippen MR) is 110 cm³/mol. The van der Waals surface area contributed by atoms with Crippen LogP contribution in [0.2, 0.25) is 0 Å². The highest BCUT2D eigenvalue weighted by molar-refractivity contribution is 5.92. The number of fused-ring (bicyclic) bond motifs is 3. The summed E-state index contributed by atoms with van der Waals surface area (Å²) in [5.74, 6) is 2.74. The smallest absolute Gasteiger partial charge is 0.185 e. The van der Waals surface area contributed by atoms with Crippen molar-refractivity contribution in [1.29, 1.82) is 0 Å². The Bertz CT molecular complexity index is 801. The third-order valence-corrected chi connectivity index (χ3v) is 6.88. The molecule has 2 aromatic rings. The number of pyridine rings is 1. The van der Waals surface area contributed by atoms with Crippen molar-refractivity contribution in [3.05, 3.63) is 11.1 Å². The Morgan fingerprint density at radius 3 is 2.56 bits per heavy atom. The monoisotopic (exact) mass is 368 g/mol. The lowest BCUT2D eigenvalue weighted by molar-refractivity contribution is 0.187.